The van der Waals surface area contributed by atoms with Crippen molar-refractivity contribution in [1.29, 1.82) is 0 Å². The van der Waals surface area contributed by atoms with Gasteiger partial charge in [0.2, 0.25) is 0 Å². The van der Waals surface area contributed by atoms with Crippen LogP contribution in [0.4, 0.5) is 0 Å². The topological polar surface area (TPSA) is 42.0 Å². The van der Waals surface area contributed by atoms with Crippen LogP contribution in [-0.4, -0.2) is 16.9 Å². The fourth-order valence-corrected chi connectivity index (χ4v) is 2.67. The Kier molecular flexibility index (Phi) is 3.34. The molecule has 0 unspecified atom stereocenters. The average Bonchev–Trinajstić information content (AvgIpc) is 2.81. The maximum Gasteiger partial charge on any atom is 0.253 e. The summed E-state index contributed by atoms with van der Waals surface area (Å²) in [6.07, 6.45) is 3.40. The monoisotopic (exact) mass is 316 g/mol. The van der Waals surface area contributed by atoms with Gasteiger partial charge in [0.1, 0.15) is 4.60 Å². The average molecular weight is 317 g/mol. The lowest BCUT2D eigenvalue weighted by Crippen LogP contribution is -2.35. The number of halogens is 1. The van der Waals surface area contributed by atoms with Gasteiger partial charge in [0.25, 0.3) is 5.91 Å². The number of aromatic nitrogens is 1. The number of rotatable bonds is 2. The molecule has 1 aliphatic carbocycles. The largest absolute Gasteiger partial charge is 0.349 e. The van der Waals surface area contributed by atoms with E-state index in [-0.39, 0.29) is 11.9 Å². The van der Waals surface area contributed by atoms with Gasteiger partial charge in [0, 0.05) is 12.2 Å². The minimum Gasteiger partial charge on any atom is -0.349 e. The van der Waals surface area contributed by atoms with E-state index in [1.165, 1.54) is 11.1 Å². The molecular formula is C15H13BrN2O. The number of nitrogens with one attached hydrogen (secondary N) is 1. The fraction of sp³-hybridized carbons (Fsp3) is 0.200. The third-order valence-corrected chi connectivity index (χ3v) is 3.84. The summed E-state index contributed by atoms with van der Waals surface area (Å²) < 4.78 is 0.734. The molecule has 96 valence electrons. The van der Waals surface area contributed by atoms with Crippen LogP contribution in [0, 0.1) is 0 Å². The summed E-state index contributed by atoms with van der Waals surface area (Å²) >= 11 is 3.26. The van der Waals surface area contributed by atoms with Crippen molar-refractivity contribution in [2.24, 2.45) is 0 Å². The fourth-order valence-electron chi connectivity index (χ4n) is 2.44. The first-order valence-corrected chi connectivity index (χ1v) is 7.01. The second-order valence-corrected chi connectivity index (χ2v) is 5.53. The quantitative estimate of drug-likeness (QED) is 0.866. The predicted molar refractivity (Wildman–Crippen MR) is 77.0 cm³/mol. The highest BCUT2D eigenvalue weighted by Gasteiger charge is 2.22. The van der Waals surface area contributed by atoms with E-state index >= 15 is 0 Å². The molecule has 0 spiro atoms. The van der Waals surface area contributed by atoms with Crippen LogP contribution < -0.4 is 5.32 Å². The van der Waals surface area contributed by atoms with Crippen molar-refractivity contribution in [3.8, 4) is 0 Å². The van der Waals surface area contributed by atoms with Gasteiger partial charge in [0.05, 0.1) is 5.56 Å². The summed E-state index contributed by atoms with van der Waals surface area (Å²) in [5.74, 6) is -0.0576. The number of benzene rings is 1. The zero-order valence-corrected chi connectivity index (χ0v) is 11.9. The van der Waals surface area contributed by atoms with Crippen LogP contribution >= 0.6 is 15.9 Å². The molecule has 1 amide bonds. The number of hydrogen-bond acceptors (Lipinski definition) is 2. The molecule has 4 heteroatoms. The highest BCUT2D eigenvalue weighted by atomic mass is 79.9. The molecule has 1 aliphatic rings. The van der Waals surface area contributed by atoms with Crippen LogP contribution in [0.15, 0.2) is 47.2 Å². The second kappa shape index (κ2) is 5.13. The first kappa shape index (κ1) is 12.4. The smallest absolute Gasteiger partial charge is 0.253 e. The van der Waals surface area contributed by atoms with Crippen LogP contribution in [0.1, 0.15) is 21.5 Å². The summed E-state index contributed by atoms with van der Waals surface area (Å²) in [7, 11) is 0. The van der Waals surface area contributed by atoms with E-state index in [1.807, 2.05) is 12.1 Å². The summed E-state index contributed by atoms with van der Waals surface area (Å²) in [6, 6.07) is 12.1. The van der Waals surface area contributed by atoms with Crippen LogP contribution in [0.5, 0.6) is 0 Å². The molecule has 19 heavy (non-hydrogen) atoms. The van der Waals surface area contributed by atoms with E-state index in [2.05, 4.69) is 38.4 Å². The number of pyridine rings is 1. The minimum atomic E-state index is -0.0576. The van der Waals surface area contributed by atoms with Crippen molar-refractivity contribution < 1.29 is 4.79 Å². The third-order valence-electron chi connectivity index (χ3n) is 3.38. The molecule has 1 heterocycles. The summed E-state index contributed by atoms with van der Waals surface area (Å²) in [5.41, 5.74) is 3.27. The second-order valence-electron chi connectivity index (χ2n) is 4.72. The van der Waals surface area contributed by atoms with Gasteiger partial charge in [-0.2, -0.15) is 0 Å². The van der Waals surface area contributed by atoms with Gasteiger partial charge in [-0.05, 0) is 52.0 Å². The van der Waals surface area contributed by atoms with E-state index in [9.17, 15) is 4.79 Å². The Bertz CT molecular complexity index is 585. The van der Waals surface area contributed by atoms with Gasteiger partial charge < -0.3 is 5.32 Å². The van der Waals surface area contributed by atoms with Crippen molar-refractivity contribution in [2.75, 3.05) is 0 Å². The maximum absolute atomic E-state index is 12.1. The summed E-state index contributed by atoms with van der Waals surface area (Å²) in [6.45, 7) is 0. The van der Waals surface area contributed by atoms with E-state index in [4.69, 9.17) is 0 Å². The molecule has 0 saturated heterocycles. The number of nitrogens with zero attached hydrogens (tertiary/aromatic N) is 1. The molecular weight excluding hydrogens is 304 g/mol. The Morgan fingerprint density at radius 3 is 2.42 bits per heavy atom. The molecule has 0 bridgehead atoms. The SMILES string of the molecule is O=C(NC1Cc2ccccc2C1)c1ccc(Br)nc1. The molecule has 3 nitrogen and oxygen atoms in total. The standard InChI is InChI=1S/C15H13BrN2O/c16-14-6-5-12(9-17-14)15(19)18-13-7-10-3-1-2-4-11(10)8-13/h1-6,9,13H,7-8H2,(H,18,19). The van der Waals surface area contributed by atoms with E-state index < -0.39 is 0 Å². The Morgan fingerprint density at radius 2 is 1.84 bits per heavy atom. The van der Waals surface area contributed by atoms with Gasteiger partial charge in [-0.15, -0.1) is 0 Å². The first-order valence-electron chi connectivity index (χ1n) is 6.21. The lowest BCUT2D eigenvalue weighted by atomic mass is 10.1. The zero-order valence-electron chi connectivity index (χ0n) is 10.3. The molecule has 0 atom stereocenters. The van der Waals surface area contributed by atoms with E-state index in [1.54, 1.807) is 18.3 Å². The number of fused-ring (bicyclic) bond motifs is 1. The Hall–Kier alpha value is -1.68. The minimum absolute atomic E-state index is 0.0576. The van der Waals surface area contributed by atoms with Crippen molar-refractivity contribution in [2.45, 2.75) is 18.9 Å². The summed E-state index contributed by atoms with van der Waals surface area (Å²) in [4.78, 5) is 16.2. The van der Waals surface area contributed by atoms with Crippen molar-refractivity contribution >= 4 is 21.8 Å². The number of amides is 1. The Labute approximate surface area is 120 Å². The Balaban J connectivity index is 1.67. The van der Waals surface area contributed by atoms with E-state index in [0.717, 1.165) is 17.4 Å². The van der Waals surface area contributed by atoms with Crippen LogP contribution in [-0.2, 0) is 12.8 Å². The molecule has 2 aromatic rings. The highest BCUT2D eigenvalue weighted by molar-refractivity contribution is 9.10. The van der Waals surface area contributed by atoms with Gasteiger partial charge in [-0.25, -0.2) is 4.98 Å². The predicted octanol–water partition coefficient (Wildman–Crippen LogP) is 2.74. The maximum atomic E-state index is 12.1. The van der Waals surface area contributed by atoms with Gasteiger partial charge in [-0.3, -0.25) is 4.79 Å². The number of carbonyl (C=O) groups excluding carboxylic acids is 1. The molecule has 0 fully saturated rings. The Morgan fingerprint density at radius 1 is 1.16 bits per heavy atom. The lowest BCUT2D eigenvalue weighted by Gasteiger charge is -2.11. The molecule has 3 rings (SSSR count). The van der Waals surface area contributed by atoms with Crippen molar-refractivity contribution in [3.63, 3.8) is 0 Å². The molecule has 0 radical (unpaired) electrons. The van der Waals surface area contributed by atoms with Crippen LogP contribution in [0.2, 0.25) is 0 Å². The third kappa shape index (κ3) is 2.68. The normalized spacial score (nSPS) is 14.2. The van der Waals surface area contributed by atoms with Crippen LogP contribution in [0.25, 0.3) is 0 Å². The molecule has 1 aromatic heterocycles. The van der Waals surface area contributed by atoms with Crippen LogP contribution in [0.3, 0.4) is 0 Å². The van der Waals surface area contributed by atoms with Gasteiger partial charge >= 0.3 is 0 Å². The van der Waals surface area contributed by atoms with Crippen molar-refractivity contribution in [1.82, 2.24) is 10.3 Å². The number of hydrogen-bond donors (Lipinski definition) is 1. The molecule has 1 N–H and O–H groups in total. The summed E-state index contributed by atoms with van der Waals surface area (Å²) in [5, 5.41) is 3.07. The molecule has 1 aromatic carbocycles. The van der Waals surface area contributed by atoms with Gasteiger partial charge in [-0.1, -0.05) is 24.3 Å². The lowest BCUT2D eigenvalue weighted by molar-refractivity contribution is 0.0938. The number of carbonyl (C=O) groups is 1. The molecule has 0 saturated carbocycles. The zero-order chi connectivity index (χ0) is 13.2. The first-order chi connectivity index (χ1) is 9.22. The molecule has 0 aliphatic heterocycles. The van der Waals surface area contributed by atoms with E-state index in [0.29, 0.717) is 5.56 Å². The van der Waals surface area contributed by atoms with Crippen molar-refractivity contribution in [3.05, 3.63) is 63.9 Å². The van der Waals surface area contributed by atoms with Gasteiger partial charge in [0.15, 0.2) is 0 Å². The highest BCUT2D eigenvalue weighted by Crippen LogP contribution is 2.21.